The van der Waals surface area contributed by atoms with Gasteiger partial charge in [0.15, 0.2) is 0 Å². The molecule has 1 aromatic carbocycles. The summed E-state index contributed by atoms with van der Waals surface area (Å²) >= 11 is 4.63. The van der Waals surface area contributed by atoms with Gasteiger partial charge in [0.25, 0.3) is 5.56 Å². The molecule has 0 spiro atoms. The van der Waals surface area contributed by atoms with E-state index in [1.165, 1.54) is 17.4 Å². The molecule has 1 aliphatic heterocycles. The number of piperidine rings is 1. The largest absolute Gasteiger partial charge is 0.342 e. The van der Waals surface area contributed by atoms with Gasteiger partial charge in [-0.25, -0.2) is 9.37 Å². The normalized spacial score (nSPS) is 15.7. The first-order chi connectivity index (χ1) is 12.5. The first kappa shape index (κ1) is 17.6. The van der Waals surface area contributed by atoms with E-state index in [4.69, 9.17) is 10.7 Å². The lowest BCUT2D eigenvalue weighted by molar-refractivity contribution is 0.487. The predicted octanol–water partition coefficient (Wildman–Crippen LogP) is 3.34. The van der Waals surface area contributed by atoms with E-state index in [1.807, 2.05) is 11.4 Å². The van der Waals surface area contributed by atoms with Crippen LogP contribution in [0.4, 0.5) is 10.3 Å². The van der Waals surface area contributed by atoms with Crippen LogP contribution in [0.3, 0.4) is 0 Å². The number of benzene rings is 1. The summed E-state index contributed by atoms with van der Waals surface area (Å²) in [6.45, 7) is 1.63. The van der Waals surface area contributed by atoms with E-state index in [2.05, 4.69) is 20.8 Å². The number of nitrogens with zero attached hydrogens (tertiary/aromatic N) is 3. The van der Waals surface area contributed by atoms with Crippen molar-refractivity contribution in [2.45, 2.75) is 25.4 Å². The van der Waals surface area contributed by atoms with Gasteiger partial charge in [0.05, 0.1) is 12.1 Å². The highest BCUT2D eigenvalue weighted by molar-refractivity contribution is 9.10. The summed E-state index contributed by atoms with van der Waals surface area (Å²) in [6.07, 6.45) is 1.70. The lowest BCUT2D eigenvalue weighted by Crippen LogP contribution is -2.42. The topological polar surface area (TPSA) is 64.2 Å². The van der Waals surface area contributed by atoms with Crippen LogP contribution in [-0.4, -0.2) is 28.7 Å². The predicted molar refractivity (Wildman–Crippen MR) is 107 cm³/mol. The van der Waals surface area contributed by atoms with Crippen LogP contribution < -0.4 is 16.2 Å². The van der Waals surface area contributed by atoms with Crippen LogP contribution >= 0.6 is 27.3 Å². The van der Waals surface area contributed by atoms with Gasteiger partial charge in [-0.1, -0.05) is 22.0 Å². The van der Waals surface area contributed by atoms with Crippen LogP contribution in [-0.2, 0) is 6.54 Å². The summed E-state index contributed by atoms with van der Waals surface area (Å²) in [7, 11) is 0. The van der Waals surface area contributed by atoms with Crippen LogP contribution in [0, 0.1) is 5.82 Å². The molecule has 136 valence electrons. The molecule has 5 nitrogen and oxygen atoms in total. The number of aromatic nitrogens is 2. The minimum absolute atomic E-state index is 0.128. The van der Waals surface area contributed by atoms with Crippen LogP contribution in [0.1, 0.15) is 18.4 Å². The van der Waals surface area contributed by atoms with Crippen molar-refractivity contribution >= 4 is 43.4 Å². The summed E-state index contributed by atoms with van der Waals surface area (Å²) in [6, 6.07) is 6.92. The Hall–Kier alpha value is -1.77. The molecular formula is C18H18BrFN4OS. The molecule has 0 bridgehead atoms. The fraction of sp³-hybridized carbons (Fsp3) is 0.333. The monoisotopic (exact) mass is 436 g/mol. The van der Waals surface area contributed by atoms with Gasteiger partial charge in [0.2, 0.25) is 5.95 Å². The van der Waals surface area contributed by atoms with Crippen LogP contribution in [0.2, 0.25) is 0 Å². The van der Waals surface area contributed by atoms with Crippen molar-refractivity contribution in [2.24, 2.45) is 5.73 Å². The molecule has 4 rings (SSSR count). The lowest BCUT2D eigenvalue weighted by atomic mass is 10.1. The van der Waals surface area contributed by atoms with Crippen LogP contribution in [0.5, 0.6) is 0 Å². The number of halogens is 2. The van der Waals surface area contributed by atoms with E-state index >= 15 is 0 Å². The fourth-order valence-corrected chi connectivity index (χ4v) is 4.35. The highest BCUT2D eigenvalue weighted by Gasteiger charge is 2.23. The molecule has 0 atom stereocenters. The maximum absolute atomic E-state index is 14.4. The summed E-state index contributed by atoms with van der Waals surface area (Å²) in [5.74, 6) is 0.249. The quantitative estimate of drug-likeness (QED) is 0.683. The van der Waals surface area contributed by atoms with Gasteiger partial charge in [-0.15, -0.1) is 11.3 Å². The lowest BCUT2D eigenvalue weighted by Gasteiger charge is -2.32. The van der Waals surface area contributed by atoms with Crippen LogP contribution in [0.15, 0.2) is 38.9 Å². The Labute approximate surface area is 162 Å². The number of fused-ring (bicyclic) bond motifs is 1. The van der Waals surface area contributed by atoms with Crippen molar-refractivity contribution in [3.05, 3.63) is 55.9 Å². The maximum atomic E-state index is 14.4. The zero-order valence-electron chi connectivity index (χ0n) is 14.0. The van der Waals surface area contributed by atoms with E-state index in [-0.39, 0.29) is 24.0 Å². The van der Waals surface area contributed by atoms with Crippen molar-refractivity contribution in [3.63, 3.8) is 0 Å². The van der Waals surface area contributed by atoms with E-state index in [0.29, 0.717) is 26.2 Å². The molecule has 0 radical (unpaired) electrons. The molecule has 1 saturated heterocycles. The standard InChI is InChI=1S/C18H18BrFN4OS/c19-12-2-1-11(14(20)9-12)10-24-17(25)16-15(5-8-26-16)22-18(24)23-6-3-13(21)4-7-23/h1-2,5,8-9,13H,3-4,6-7,10,21H2. The van der Waals surface area contributed by atoms with Crippen molar-refractivity contribution in [1.82, 2.24) is 9.55 Å². The van der Waals surface area contributed by atoms with Gasteiger partial charge in [-0.05, 0) is 36.4 Å². The van der Waals surface area contributed by atoms with Gasteiger partial charge in [-0.2, -0.15) is 0 Å². The molecule has 0 saturated carbocycles. The Kier molecular flexibility index (Phi) is 4.81. The van der Waals surface area contributed by atoms with E-state index in [9.17, 15) is 9.18 Å². The Morgan fingerprint density at radius 3 is 2.81 bits per heavy atom. The number of hydrogen-bond acceptors (Lipinski definition) is 5. The Morgan fingerprint density at radius 2 is 2.08 bits per heavy atom. The molecule has 0 aliphatic carbocycles. The molecule has 2 N–H and O–H groups in total. The third kappa shape index (κ3) is 3.28. The zero-order valence-corrected chi connectivity index (χ0v) is 16.4. The second-order valence-electron chi connectivity index (χ2n) is 6.50. The smallest absolute Gasteiger partial charge is 0.273 e. The number of nitrogens with two attached hydrogens (primary N) is 1. The SMILES string of the molecule is NC1CCN(c2nc3ccsc3c(=O)n2Cc2ccc(Br)cc2F)CC1. The zero-order chi connectivity index (χ0) is 18.3. The molecule has 0 unspecified atom stereocenters. The average Bonchev–Trinajstić information content (AvgIpc) is 3.09. The molecule has 3 aromatic rings. The summed E-state index contributed by atoms with van der Waals surface area (Å²) in [4.78, 5) is 19.8. The van der Waals surface area contributed by atoms with E-state index in [1.54, 1.807) is 16.7 Å². The number of hydrogen-bond donors (Lipinski definition) is 1. The van der Waals surface area contributed by atoms with Gasteiger partial charge >= 0.3 is 0 Å². The third-order valence-corrected chi connectivity index (χ3v) is 6.10. The number of anilines is 1. The molecule has 1 aliphatic rings. The number of rotatable bonds is 3. The maximum Gasteiger partial charge on any atom is 0.273 e. The van der Waals surface area contributed by atoms with Crippen LogP contribution in [0.25, 0.3) is 10.2 Å². The fourth-order valence-electron chi connectivity index (χ4n) is 3.24. The van der Waals surface area contributed by atoms with Gasteiger partial charge < -0.3 is 10.6 Å². The van der Waals surface area contributed by atoms with Gasteiger partial charge in [0, 0.05) is 29.2 Å². The minimum atomic E-state index is -0.343. The molecule has 26 heavy (non-hydrogen) atoms. The van der Waals surface area contributed by atoms with Crippen molar-refractivity contribution < 1.29 is 4.39 Å². The Bertz CT molecular complexity index is 1010. The second-order valence-corrected chi connectivity index (χ2v) is 8.33. The van der Waals surface area contributed by atoms with E-state index < -0.39 is 0 Å². The third-order valence-electron chi connectivity index (χ3n) is 4.71. The summed E-state index contributed by atoms with van der Waals surface area (Å²) in [5.41, 5.74) is 7.03. The first-order valence-corrected chi connectivity index (χ1v) is 10.1. The second kappa shape index (κ2) is 7.09. The molecule has 3 heterocycles. The Morgan fingerprint density at radius 1 is 1.31 bits per heavy atom. The molecular weight excluding hydrogens is 419 g/mol. The average molecular weight is 437 g/mol. The van der Waals surface area contributed by atoms with Gasteiger partial charge in [0.1, 0.15) is 10.5 Å². The van der Waals surface area contributed by atoms with Crippen molar-refractivity contribution in [2.75, 3.05) is 18.0 Å². The van der Waals surface area contributed by atoms with E-state index in [0.717, 1.165) is 25.9 Å². The van der Waals surface area contributed by atoms with Gasteiger partial charge in [-0.3, -0.25) is 9.36 Å². The van der Waals surface area contributed by atoms with Crippen molar-refractivity contribution in [3.8, 4) is 0 Å². The molecule has 1 fully saturated rings. The minimum Gasteiger partial charge on any atom is -0.342 e. The molecule has 0 amide bonds. The highest BCUT2D eigenvalue weighted by Crippen LogP contribution is 2.24. The molecule has 8 heteroatoms. The summed E-state index contributed by atoms with van der Waals surface area (Å²) < 4.78 is 17.2. The number of thiophene rings is 1. The van der Waals surface area contributed by atoms with Crippen molar-refractivity contribution in [1.29, 1.82) is 0 Å². The highest BCUT2D eigenvalue weighted by atomic mass is 79.9. The molecule has 2 aromatic heterocycles. The summed E-state index contributed by atoms with van der Waals surface area (Å²) in [5, 5.41) is 1.86. The Balaban J connectivity index is 1.81. The first-order valence-electron chi connectivity index (χ1n) is 8.45.